The van der Waals surface area contributed by atoms with Crippen molar-refractivity contribution in [3.8, 4) is 5.75 Å². The highest BCUT2D eigenvalue weighted by atomic mass is 16.5. The molecule has 0 aliphatic heterocycles. The third-order valence-electron chi connectivity index (χ3n) is 3.71. The Morgan fingerprint density at radius 2 is 1.88 bits per heavy atom. The number of nitrogens with one attached hydrogen (secondary N) is 1. The Labute approximate surface area is 146 Å². The van der Waals surface area contributed by atoms with E-state index >= 15 is 0 Å². The Hall–Kier alpha value is -2.89. The molecule has 1 amide bonds. The summed E-state index contributed by atoms with van der Waals surface area (Å²) in [6, 6.07) is 13.5. The first-order valence-electron chi connectivity index (χ1n) is 8.12. The molecular formula is C19H22N2O4. The van der Waals surface area contributed by atoms with Crippen LogP contribution >= 0.6 is 0 Å². The van der Waals surface area contributed by atoms with Gasteiger partial charge in [0.2, 0.25) is 0 Å². The molecule has 0 aromatic heterocycles. The number of carbonyl (C=O) groups is 2. The molecule has 2 aromatic rings. The zero-order valence-electron chi connectivity index (χ0n) is 14.6. The molecule has 25 heavy (non-hydrogen) atoms. The van der Waals surface area contributed by atoms with Crippen LogP contribution < -0.4 is 10.2 Å². The van der Waals surface area contributed by atoms with Crippen LogP contribution in [-0.2, 0) is 14.3 Å². The topological polar surface area (TPSA) is 77.0 Å². The van der Waals surface area contributed by atoms with Gasteiger partial charge in [-0.3, -0.25) is 9.59 Å². The number of rotatable bonds is 7. The van der Waals surface area contributed by atoms with Gasteiger partial charge in [-0.25, -0.2) is 5.43 Å². The lowest BCUT2D eigenvalue weighted by molar-refractivity contribution is -0.145. The van der Waals surface area contributed by atoms with E-state index in [2.05, 4.69) is 10.5 Å². The molecule has 0 fully saturated rings. The van der Waals surface area contributed by atoms with Crippen molar-refractivity contribution in [3.05, 3.63) is 42.5 Å². The minimum absolute atomic E-state index is 0.164. The van der Waals surface area contributed by atoms with Gasteiger partial charge in [0, 0.05) is 5.71 Å². The van der Waals surface area contributed by atoms with E-state index in [0.29, 0.717) is 18.1 Å². The van der Waals surface area contributed by atoms with E-state index in [1.807, 2.05) is 42.5 Å². The van der Waals surface area contributed by atoms with Crippen LogP contribution in [-0.4, -0.2) is 30.8 Å². The summed E-state index contributed by atoms with van der Waals surface area (Å²) < 4.78 is 10.4. The van der Waals surface area contributed by atoms with Crippen LogP contribution in [0.2, 0.25) is 0 Å². The largest absolute Gasteiger partial charge is 0.484 e. The van der Waals surface area contributed by atoms with Gasteiger partial charge in [0.15, 0.2) is 6.61 Å². The molecule has 0 radical (unpaired) electrons. The third-order valence-corrected chi connectivity index (χ3v) is 3.71. The highest BCUT2D eigenvalue weighted by Crippen LogP contribution is 2.20. The number of hydrogen-bond acceptors (Lipinski definition) is 5. The lowest BCUT2D eigenvalue weighted by Gasteiger charge is -2.10. The molecule has 1 atom stereocenters. The second kappa shape index (κ2) is 8.82. The molecule has 1 unspecified atom stereocenters. The predicted octanol–water partition coefficient (Wildman–Crippen LogP) is 2.91. The predicted molar refractivity (Wildman–Crippen MR) is 96.5 cm³/mol. The fourth-order valence-electron chi connectivity index (χ4n) is 2.12. The molecule has 0 saturated carbocycles. The van der Waals surface area contributed by atoms with Gasteiger partial charge >= 0.3 is 5.97 Å². The number of fused-ring (bicyclic) bond motifs is 1. The molecule has 6 nitrogen and oxygen atoms in total. The number of hydrazone groups is 1. The highest BCUT2D eigenvalue weighted by Gasteiger charge is 2.17. The van der Waals surface area contributed by atoms with Crippen LogP contribution in [0, 0.1) is 5.92 Å². The number of ether oxygens (including phenoxy) is 2. The van der Waals surface area contributed by atoms with Crippen LogP contribution in [0.3, 0.4) is 0 Å². The van der Waals surface area contributed by atoms with Crippen molar-refractivity contribution in [3.63, 3.8) is 0 Å². The monoisotopic (exact) mass is 342 g/mol. The number of hydrogen-bond donors (Lipinski definition) is 1. The van der Waals surface area contributed by atoms with Crippen molar-refractivity contribution in [2.24, 2.45) is 11.0 Å². The van der Waals surface area contributed by atoms with Crippen LogP contribution in [0.25, 0.3) is 10.8 Å². The summed E-state index contributed by atoms with van der Waals surface area (Å²) in [7, 11) is 0. The molecule has 0 saturated heterocycles. The van der Waals surface area contributed by atoms with Gasteiger partial charge in [0.05, 0.1) is 12.5 Å². The highest BCUT2D eigenvalue weighted by molar-refractivity contribution is 6.00. The number of benzene rings is 2. The van der Waals surface area contributed by atoms with Gasteiger partial charge in [-0.2, -0.15) is 5.10 Å². The normalized spacial score (nSPS) is 12.5. The van der Waals surface area contributed by atoms with E-state index in [-0.39, 0.29) is 12.6 Å². The first-order valence-corrected chi connectivity index (χ1v) is 8.12. The average Bonchev–Trinajstić information content (AvgIpc) is 2.63. The van der Waals surface area contributed by atoms with Crippen LogP contribution in [0.15, 0.2) is 47.6 Å². The first kappa shape index (κ1) is 18.4. The quantitative estimate of drug-likeness (QED) is 0.477. The summed E-state index contributed by atoms with van der Waals surface area (Å²) in [6.45, 7) is 5.22. The molecule has 2 rings (SSSR count). The Kier molecular flexibility index (Phi) is 6.51. The maximum absolute atomic E-state index is 11.8. The molecule has 0 aliphatic carbocycles. The Balaban J connectivity index is 1.87. The molecule has 0 heterocycles. The summed E-state index contributed by atoms with van der Waals surface area (Å²) in [6.07, 6.45) is 0. The van der Waals surface area contributed by atoms with Gasteiger partial charge in [-0.15, -0.1) is 0 Å². The number of esters is 1. The molecule has 2 aromatic carbocycles. The van der Waals surface area contributed by atoms with Crippen LogP contribution in [0.1, 0.15) is 20.8 Å². The average molecular weight is 342 g/mol. The van der Waals surface area contributed by atoms with Gasteiger partial charge in [0.25, 0.3) is 5.91 Å². The third kappa shape index (κ3) is 5.31. The van der Waals surface area contributed by atoms with E-state index in [1.54, 1.807) is 20.8 Å². The van der Waals surface area contributed by atoms with Crippen molar-refractivity contribution >= 4 is 28.4 Å². The fraction of sp³-hybridized carbons (Fsp3) is 0.316. The number of nitrogens with zero attached hydrogens (tertiary/aromatic N) is 1. The van der Waals surface area contributed by atoms with E-state index in [1.165, 1.54) is 0 Å². The number of carbonyl (C=O) groups excluding carboxylic acids is 2. The van der Waals surface area contributed by atoms with Crippen molar-refractivity contribution in [2.45, 2.75) is 20.8 Å². The molecule has 132 valence electrons. The molecule has 1 N–H and O–H groups in total. The molecule has 0 spiro atoms. The van der Waals surface area contributed by atoms with Crippen molar-refractivity contribution in [2.75, 3.05) is 13.2 Å². The Morgan fingerprint density at radius 1 is 1.16 bits per heavy atom. The maximum Gasteiger partial charge on any atom is 0.314 e. The van der Waals surface area contributed by atoms with E-state index in [0.717, 1.165) is 10.8 Å². The SMILES string of the molecule is CCOC(=O)C(C)/C(C)=N/NC(=O)COc1ccc2ccccc2c1. The summed E-state index contributed by atoms with van der Waals surface area (Å²) in [5, 5.41) is 6.07. The Morgan fingerprint density at radius 3 is 2.60 bits per heavy atom. The summed E-state index contributed by atoms with van der Waals surface area (Å²) in [4.78, 5) is 23.4. The smallest absolute Gasteiger partial charge is 0.314 e. The fourth-order valence-corrected chi connectivity index (χ4v) is 2.12. The zero-order chi connectivity index (χ0) is 18.2. The summed E-state index contributed by atoms with van der Waals surface area (Å²) in [5.74, 6) is -0.676. The molecular weight excluding hydrogens is 320 g/mol. The summed E-state index contributed by atoms with van der Waals surface area (Å²) >= 11 is 0. The summed E-state index contributed by atoms with van der Waals surface area (Å²) in [5.41, 5.74) is 2.85. The lowest BCUT2D eigenvalue weighted by atomic mass is 10.1. The van der Waals surface area contributed by atoms with Gasteiger partial charge in [-0.1, -0.05) is 30.3 Å². The second-order valence-corrected chi connectivity index (χ2v) is 5.56. The molecule has 0 aliphatic rings. The van der Waals surface area contributed by atoms with Crippen molar-refractivity contribution in [1.82, 2.24) is 5.43 Å². The molecule has 0 bridgehead atoms. The van der Waals surface area contributed by atoms with E-state index in [4.69, 9.17) is 9.47 Å². The second-order valence-electron chi connectivity index (χ2n) is 5.56. The van der Waals surface area contributed by atoms with Crippen LogP contribution in [0.4, 0.5) is 0 Å². The first-order chi connectivity index (χ1) is 12.0. The minimum Gasteiger partial charge on any atom is -0.484 e. The minimum atomic E-state index is -0.512. The maximum atomic E-state index is 11.8. The van der Waals surface area contributed by atoms with E-state index in [9.17, 15) is 9.59 Å². The lowest BCUT2D eigenvalue weighted by Crippen LogP contribution is -2.28. The zero-order valence-corrected chi connectivity index (χ0v) is 14.6. The van der Waals surface area contributed by atoms with Gasteiger partial charge < -0.3 is 9.47 Å². The molecule has 6 heteroatoms. The van der Waals surface area contributed by atoms with Crippen LogP contribution in [0.5, 0.6) is 5.75 Å². The number of amides is 1. The van der Waals surface area contributed by atoms with Gasteiger partial charge in [0.1, 0.15) is 5.75 Å². The standard InChI is InChI=1S/C19H22N2O4/c1-4-24-19(23)13(2)14(3)20-21-18(22)12-25-17-10-9-15-7-5-6-8-16(15)11-17/h5-11,13H,4,12H2,1-3H3,(H,21,22)/b20-14+. The van der Waals surface area contributed by atoms with Gasteiger partial charge in [-0.05, 0) is 43.7 Å². The van der Waals surface area contributed by atoms with E-state index < -0.39 is 11.8 Å². The van der Waals surface area contributed by atoms with Crippen molar-refractivity contribution < 1.29 is 19.1 Å². The van der Waals surface area contributed by atoms with Crippen molar-refractivity contribution in [1.29, 1.82) is 0 Å². The Bertz CT molecular complexity index is 786.